The van der Waals surface area contributed by atoms with Gasteiger partial charge in [-0.1, -0.05) is 12.1 Å². The summed E-state index contributed by atoms with van der Waals surface area (Å²) >= 11 is 0. The molecule has 0 fully saturated rings. The molecule has 118 valence electrons. The van der Waals surface area contributed by atoms with Crippen molar-refractivity contribution in [3.8, 4) is 22.4 Å². The number of fused-ring (bicyclic) bond motifs is 3. The summed E-state index contributed by atoms with van der Waals surface area (Å²) in [5, 5.41) is 9.71. The van der Waals surface area contributed by atoms with Crippen molar-refractivity contribution in [2.45, 2.75) is 0 Å². The van der Waals surface area contributed by atoms with Gasteiger partial charge >= 0.3 is 0 Å². The van der Waals surface area contributed by atoms with Gasteiger partial charge in [0, 0.05) is 46.7 Å². The van der Waals surface area contributed by atoms with E-state index in [1.807, 2.05) is 42.9 Å². The van der Waals surface area contributed by atoms with Crippen molar-refractivity contribution in [3.05, 3.63) is 73.4 Å². The quantitative estimate of drug-likeness (QED) is 0.528. The van der Waals surface area contributed by atoms with E-state index < -0.39 is 0 Å². The highest BCUT2D eigenvalue weighted by molar-refractivity contribution is 6.11. The van der Waals surface area contributed by atoms with E-state index in [-0.39, 0.29) is 0 Å². The van der Waals surface area contributed by atoms with Crippen molar-refractivity contribution in [1.82, 2.24) is 25.1 Å². The Hall–Kier alpha value is -3.60. The topological polar surface area (TPSA) is 67.3 Å². The maximum Gasteiger partial charge on any atom is 0.102 e. The number of nitrogens with one attached hydrogen (secondary N) is 1. The lowest BCUT2D eigenvalue weighted by Crippen LogP contribution is -1.85. The Morgan fingerprint density at radius 3 is 2.32 bits per heavy atom. The highest BCUT2D eigenvalue weighted by Gasteiger charge is 2.13. The number of H-pyrrole nitrogens is 1. The summed E-state index contributed by atoms with van der Waals surface area (Å²) in [5.41, 5.74) is 5.90. The molecule has 0 aliphatic heterocycles. The summed E-state index contributed by atoms with van der Waals surface area (Å²) in [7, 11) is 0. The van der Waals surface area contributed by atoms with Crippen molar-refractivity contribution in [3.63, 3.8) is 0 Å². The highest BCUT2D eigenvalue weighted by Crippen LogP contribution is 2.33. The van der Waals surface area contributed by atoms with Crippen LogP contribution >= 0.6 is 0 Å². The third-order valence-corrected chi connectivity index (χ3v) is 4.32. The largest absolute Gasteiger partial charge is 0.276 e. The molecule has 0 aliphatic rings. The molecule has 1 N–H and O–H groups in total. The molecular weight excluding hydrogens is 310 g/mol. The van der Waals surface area contributed by atoms with E-state index >= 15 is 0 Å². The van der Waals surface area contributed by atoms with Gasteiger partial charge in [-0.05, 0) is 35.9 Å². The first-order valence-electron chi connectivity index (χ1n) is 7.98. The summed E-state index contributed by atoms with van der Waals surface area (Å²) in [4.78, 5) is 13.0. The van der Waals surface area contributed by atoms with Crippen molar-refractivity contribution in [2.24, 2.45) is 0 Å². The number of hydrogen-bond acceptors (Lipinski definition) is 4. The summed E-state index contributed by atoms with van der Waals surface area (Å²) in [5.74, 6) is 0. The molecule has 1 aromatic carbocycles. The van der Waals surface area contributed by atoms with E-state index in [9.17, 15) is 0 Å². The van der Waals surface area contributed by atoms with E-state index in [2.05, 4.69) is 43.3 Å². The average molecular weight is 323 g/mol. The lowest BCUT2D eigenvalue weighted by Gasteiger charge is -2.05. The van der Waals surface area contributed by atoms with Gasteiger partial charge in [0.05, 0.1) is 17.2 Å². The van der Waals surface area contributed by atoms with E-state index in [1.54, 1.807) is 12.4 Å². The molecule has 0 radical (unpaired) electrons. The van der Waals surface area contributed by atoms with Crippen LogP contribution in [0.25, 0.3) is 44.2 Å². The first-order chi connectivity index (χ1) is 12.4. The van der Waals surface area contributed by atoms with Crippen LogP contribution in [0, 0.1) is 0 Å². The third-order valence-electron chi connectivity index (χ3n) is 4.32. The Morgan fingerprint density at radius 2 is 1.56 bits per heavy atom. The Balaban J connectivity index is 1.83. The van der Waals surface area contributed by atoms with Gasteiger partial charge in [-0.3, -0.25) is 20.1 Å². The van der Waals surface area contributed by atoms with Gasteiger partial charge in [0.2, 0.25) is 0 Å². The molecule has 0 saturated carbocycles. The summed E-state index contributed by atoms with van der Waals surface area (Å²) < 4.78 is 0. The predicted octanol–water partition coefficient (Wildman–Crippen LogP) is 4.24. The fourth-order valence-corrected chi connectivity index (χ4v) is 3.13. The molecule has 25 heavy (non-hydrogen) atoms. The zero-order chi connectivity index (χ0) is 16.6. The van der Waals surface area contributed by atoms with Crippen LogP contribution in [0.5, 0.6) is 0 Å². The minimum Gasteiger partial charge on any atom is -0.276 e. The van der Waals surface area contributed by atoms with E-state index in [1.165, 1.54) is 0 Å². The highest BCUT2D eigenvalue weighted by atomic mass is 15.1. The molecule has 0 bridgehead atoms. The van der Waals surface area contributed by atoms with E-state index in [0.29, 0.717) is 0 Å². The molecule has 5 rings (SSSR count). The van der Waals surface area contributed by atoms with Crippen LogP contribution in [0.4, 0.5) is 0 Å². The van der Waals surface area contributed by atoms with Crippen molar-refractivity contribution in [1.29, 1.82) is 0 Å². The van der Waals surface area contributed by atoms with Gasteiger partial charge in [0.15, 0.2) is 0 Å². The summed E-state index contributed by atoms with van der Waals surface area (Å²) in [6.07, 6.45) is 9.06. The minimum atomic E-state index is 0.888. The van der Waals surface area contributed by atoms with Crippen LogP contribution in [-0.4, -0.2) is 25.1 Å². The number of aromatic amines is 1. The van der Waals surface area contributed by atoms with Gasteiger partial charge in [0.1, 0.15) is 5.69 Å². The fraction of sp³-hybridized carbons (Fsp3) is 0. The Kier molecular flexibility index (Phi) is 3.03. The number of aromatic nitrogens is 5. The second kappa shape index (κ2) is 5.49. The van der Waals surface area contributed by atoms with E-state index in [0.717, 1.165) is 44.2 Å². The molecule has 5 nitrogen and oxygen atoms in total. The second-order valence-electron chi connectivity index (χ2n) is 5.83. The molecule has 0 amide bonds. The number of pyridine rings is 3. The molecule has 0 unspecified atom stereocenters. The maximum absolute atomic E-state index is 4.55. The molecule has 0 atom stereocenters. The number of rotatable bonds is 2. The maximum atomic E-state index is 4.55. The first-order valence-corrected chi connectivity index (χ1v) is 7.98. The molecule has 0 aliphatic carbocycles. The van der Waals surface area contributed by atoms with Gasteiger partial charge in [-0.15, -0.1) is 0 Å². The lowest BCUT2D eigenvalue weighted by atomic mass is 10.0. The molecule has 5 aromatic rings. The molecule has 0 spiro atoms. The van der Waals surface area contributed by atoms with Crippen LogP contribution in [0.15, 0.2) is 73.4 Å². The Bertz CT molecular complexity index is 1180. The SMILES string of the molecule is c1cncc(-c2ccc3ncc4[nH]nc(-c5cccnc5)c4c3c2)c1. The molecular formula is C20H13N5. The van der Waals surface area contributed by atoms with Crippen LogP contribution in [0.1, 0.15) is 0 Å². The molecule has 5 heteroatoms. The van der Waals surface area contributed by atoms with Crippen LogP contribution in [0.3, 0.4) is 0 Å². The van der Waals surface area contributed by atoms with Crippen LogP contribution in [-0.2, 0) is 0 Å². The minimum absolute atomic E-state index is 0.888. The van der Waals surface area contributed by atoms with Crippen molar-refractivity contribution in [2.75, 3.05) is 0 Å². The van der Waals surface area contributed by atoms with Crippen molar-refractivity contribution >= 4 is 21.8 Å². The normalized spacial score (nSPS) is 11.2. The molecule has 0 saturated heterocycles. The summed E-state index contributed by atoms with van der Waals surface area (Å²) in [6.45, 7) is 0. The monoisotopic (exact) mass is 323 g/mol. The van der Waals surface area contributed by atoms with Gasteiger partial charge in [0.25, 0.3) is 0 Å². The number of nitrogens with zero attached hydrogens (tertiary/aromatic N) is 4. The molecule has 4 heterocycles. The molecule has 4 aromatic heterocycles. The third kappa shape index (κ3) is 2.25. The Morgan fingerprint density at radius 1 is 0.760 bits per heavy atom. The van der Waals surface area contributed by atoms with Gasteiger partial charge < -0.3 is 0 Å². The number of hydrogen-bond donors (Lipinski definition) is 1. The Labute approximate surface area is 143 Å². The zero-order valence-corrected chi connectivity index (χ0v) is 13.2. The van der Waals surface area contributed by atoms with E-state index in [4.69, 9.17) is 0 Å². The number of benzene rings is 1. The van der Waals surface area contributed by atoms with Crippen LogP contribution in [0.2, 0.25) is 0 Å². The van der Waals surface area contributed by atoms with Gasteiger partial charge in [-0.2, -0.15) is 5.10 Å². The summed E-state index contributed by atoms with van der Waals surface area (Å²) in [6, 6.07) is 14.2. The smallest absolute Gasteiger partial charge is 0.102 e. The second-order valence-corrected chi connectivity index (χ2v) is 5.83. The average Bonchev–Trinajstić information content (AvgIpc) is 3.14. The van der Waals surface area contributed by atoms with Gasteiger partial charge in [-0.25, -0.2) is 0 Å². The van der Waals surface area contributed by atoms with Crippen LogP contribution < -0.4 is 0 Å². The predicted molar refractivity (Wildman–Crippen MR) is 97.9 cm³/mol. The lowest BCUT2D eigenvalue weighted by molar-refractivity contribution is 1.12. The fourth-order valence-electron chi connectivity index (χ4n) is 3.13. The standard InChI is InChI=1S/C20H13N5/c1-3-14(10-21-7-1)13-5-6-17-16(9-13)19-18(12-23-17)24-25-20(19)15-4-2-8-22-11-15/h1-12H,(H,24,25). The first kappa shape index (κ1) is 13.8. The zero-order valence-electron chi connectivity index (χ0n) is 13.2. The van der Waals surface area contributed by atoms with Crippen molar-refractivity contribution < 1.29 is 0 Å².